The molecule has 2 nitrogen and oxygen atoms in total. The highest BCUT2D eigenvalue weighted by Crippen LogP contribution is 2.17. The summed E-state index contributed by atoms with van der Waals surface area (Å²) in [6.07, 6.45) is 12.4. The average molecular weight is 274 g/mol. The Bertz CT molecular complexity index is 408. The molecule has 0 radical (unpaired) electrons. The quantitative estimate of drug-likeness (QED) is 0.355. The van der Waals surface area contributed by atoms with E-state index in [1.54, 1.807) is 0 Å². The molecule has 0 bridgehead atoms. The van der Waals surface area contributed by atoms with Crippen LogP contribution >= 0.6 is 0 Å². The van der Waals surface area contributed by atoms with Gasteiger partial charge in [0, 0.05) is 0 Å². The number of hydrogen-bond donors (Lipinski definition) is 0. The third-order valence-corrected chi connectivity index (χ3v) is 3.48. The SMILES string of the molecule is CCCCCC/C=C/Cc1cccc(OCC2CO2)c1. The maximum atomic E-state index is 5.69. The van der Waals surface area contributed by atoms with E-state index in [-0.39, 0.29) is 0 Å². The second-order valence-corrected chi connectivity index (χ2v) is 5.44. The Balaban J connectivity index is 1.66. The number of allylic oxidation sites excluding steroid dienone is 2. The minimum Gasteiger partial charge on any atom is -0.491 e. The molecule has 1 atom stereocenters. The lowest BCUT2D eigenvalue weighted by atomic mass is 10.1. The molecule has 110 valence electrons. The van der Waals surface area contributed by atoms with E-state index in [0.717, 1.165) is 18.8 Å². The van der Waals surface area contributed by atoms with Gasteiger partial charge in [-0.25, -0.2) is 0 Å². The van der Waals surface area contributed by atoms with Crippen LogP contribution < -0.4 is 4.74 Å². The Morgan fingerprint density at radius 2 is 2.15 bits per heavy atom. The van der Waals surface area contributed by atoms with Gasteiger partial charge in [0.1, 0.15) is 18.5 Å². The third kappa shape index (κ3) is 6.25. The van der Waals surface area contributed by atoms with Crippen molar-refractivity contribution in [1.29, 1.82) is 0 Å². The zero-order chi connectivity index (χ0) is 14.0. The van der Waals surface area contributed by atoms with Crippen LogP contribution in [0.4, 0.5) is 0 Å². The summed E-state index contributed by atoms with van der Waals surface area (Å²) in [5.74, 6) is 0.953. The number of rotatable bonds is 10. The second-order valence-electron chi connectivity index (χ2n) is 5.44. The van der Waals surface area contributed by atoms with Crippen LogP contribution in [0.1, 0.15) is 44.6 Å². The van der Waals surface area contributed by atoms with Crippen LogP contribution in [0, 0.1) is 0 Å². The van der Waals surface area contributed by atoms with Crippen molar-refractivity contribution in [2.24, 2.45) is 0 Å². The van der Waals surface area contributed by atoms with Gasteiger partial charge < -0.3 is 9.47 Å². The average Bonchev–Trinajstić information content (AvgIpc) is 3.29. The molecule has 1 unspecified atom stereocenters. The number of ether oxygens (including phenoxy) is 2. The van der Waals surface area contributed by atoms with Gasteiger partial charge >= 0.3 is 0 Å². The zero-order valence-corrected chi connectivity index (χ0v) is 12.5. The van der Waals surface area contributed by atoms with Gasteiger partial charge in [0.05, 0.1) is 6.61 Å². The van der Waals surface area contributed by atoms with Crippen molar-refractivity contribution in [2.45, 2.75) is 51.6 Å². The molecule has 1 aliphatic rings. The summed E-state index contributed by atoms with van der Waals surface area (Å²) in [6, 6.07) is 8.36. The van der Waals surface area contributed by atoms with E-state index in [4.69, 9.17) is 9.47 Å². The van der Waals surface area contributed by atoms with Gasteiger partial charge in [-0.05, 0) is 37.0 Å². The largest absolute Gasteiger partial charge is 0.491 e. The molecule has 2 heteroatoms. The summed E-state index contributed by atoms with van der Waals surface area (Å²) in [7, 11) is 0. The minimum absolute atomic E-state index is 0.321. The van der Waals surface area contributed by atoms with Crippen LogP contribution in [-0.2, 0) is 11.2 Å². The van der Waals surface area contributed by atoms with E-state index < -0.39 is 0 Å². The standard InChI is InChI=1S/C18H26O2/c1-2-3-4-5-6-7-8-10-16-11-9-12-17(13-16)19-14-18-15-20-18/h7-9,11-13,18H,2-6,10,14-15H2,1H3/b8-7+. The first-order chi connectivity index (χ1) is 9.88. The van der Waals surface area contributed by atoms with E-state index in [9.17, 15) is 0 Å². The second kappa shape index (κ2) is 8.80. The van der Waals surface area contributed by atoms with Crippen molar-refractivity contribution in [2.75, 3.05) is 13.2 Å². The van der Waals surface area contributed by atoms with Crippen molar-refractivity contribution in [1.82, 2.24) is 0 Å². The van der Waals surface area contributed by atoms with Crippen molar-refractivity contribution in [3.63, 3.8) is 0 Å². The molecule has 1 heterocycles. The number of epoxide rings is 1. The summed E-state index contributed by atoms with van der Waals surface area (Å²) >= 11 is 0. The topological polar surface area (TPSA) is 21.8 Å². The smallest absolute Gasteiger partial charge is 0.119 e. The molecule has 1 aromatic rings. The number of unbranched alkanes of at least 4 members (excludes halogenated alkanes) is 4. The molecule has 1 saturated heterocycles. The molecule has 0 saturated carbocycles. The Morgan fingerprint density at radius 3 is 2.95 bits per heavy atom. The number of hydrogen-bond acceptors (Lipinski definition) is 2. The molecular formula is C18H26O2. The Kier molecular flexibility index (Phi) is 6.65. The van der Waals surface area contributed by atoms with E-state index >= 15 is 0 Å². The third-order valence-electron chi connectivity index (χ3n) is 3.48. The van der Waals surface area contributed by atoms with Gasteiger partial charge in [-0.2, -0.15) is 0 Å². The Hall–Kier alpha value is -1.28. The summed E-state index contributed by atoms with van der Waals surface area (Å²) in [5.41, 5.74) is 1.31. The van der Waals surface area contributed by atoms with Gasteiger partial charge in [0.15, 0.2) is 0 Å². The van der Waals surface area contributed by atoms with Crippen LogP contribution in [0.5, 0.6) is 5.75 Å². The Morgan fingerprint density at radius 1 is 1.25 bits per heavy atom. The van der Waals surface area contributed by atoms with Crippen LogP contribution in [-0.4, -0.2) is 19.3 Å². The van der Waals surface area contributed by atoms with E-state index in [0.29, 0.717) is 12.7 Å². The summed E-state index contributed by atoms with van der Waals surface area (Å²) in [5, 5.41) is 0. The molecule has 0 spiro atoms. The highest BCUT2D eigenvalue weighted by Gasteiger charge is 2.22. The predicted molar refractivity (Wildman–Crippen MR) is 83.3 cm³/mol. The van der Waals surface area contributed by atoms with Crippen molar-refractivity contribution >= 4 is 0 Å². The molecule has 1 aromatic carbocycles. The van der Waals surface area contributed by atoms with Gasteiger partial charge in [-0.1, -0.05) is 50.5 Å². The van der Waals surface area contributed by atoms with Crippen molar-refractivity contribution in [3.05, 3.63) is 42.0 Å². The van der Waals surface area contributed by atoms with E-state index in [1.807, 2.05) is 6.07 Å². The summed E-state index contributed by atoms with van der Waals surface area (Å²) in [6.45, 7) is 3.78. The maximum Gasteiger partial charge on any atom is 0.119 e. The van der Waals surface area contributed by atoms with Gasteiger partial charge in [0.2, 0.25) is 0 Å². The van der Waals surface area contributed by atoms with Crippen LogP contribution in [0.15, 0.2) is 36.4 Å². The fourth-order valence-electron chi connectivity index (χ4n) is 2.14. The van der Waals surface area contributed by atoms with Gasteiger partial charge in [-0.3, -0.25) is 0 Å². The fraction of sp³-hybridized carbons (Fsp3) is 0.556. The molecule has 20 heavy (non-hydrogen) atoms. The first-order valence-corrected chi connectivity index (χ1v) is 7.87. The van der Waals surface area contributed by atoms with Crippen LogP contribution in [0.25, 0.3) is 0 Å². The van der Waals surface area contributed by atoms with Gasteiger partial charge in [0.25, 0.3) is 0 Å². The molecule has 0 N–H and O–H groups in total. The van der Waals surface area contributed by atoms with Gasteiger partial charge in [-0.15, -0.1) is 0 Å². The highest BCUT2D eigenvalue weighted by atomic mass is 16.6. The normalized spacial score (nSPS) is 17.6. The molecule has 0 aliphatic carbocycles. The summed E-state index contributed by atoms with van der Waals surface area (Å²) in [4.78, 5) is 0. The predicted octanol–water partition coefficient (Wildman–Crippen LogP) is 4.53. The van der Waals surface area contributed by atoms with E-state index in [2.05, 4.69) is 37.3 Å². The molecule has 0 amide bonds. The lowest BCUT2D eigenvalue weighted by molar-refractivity contribution is 0.263. The lowest BCUT2D eigenvalue weighted by Crippen LogP contribution is -2.04. The lowest BCUT2D eigenvalue weighted by Gasteiger charge is -2.05. The molecule has 1 fully saturated rings. The van der Waals surface area contributed by atoms with Crippen LogP contribution in [0.3, 0.4) is 0 Å². The minimum atomic E-state index is 0.321. The first-order valence-electron chi connectivity index (χ1n) is 7.87. The fourth-order valence-corrected chi connectivity index (χ4v) is 2.14. The van der Waals surface area contributed by atoms with Crippen molar-refractivity contribution < 1.29 is 9.47 Å². The number of benzene rings is 1. The molecule has 0 aromatic heterocycles. The maximum absolute atomic E-state index is 5.69. The zero-order valence-electron chi connectivity index (χ0n) is 12.5. The monoisotopic (exact) mass is 274 g/mol. The summed E-state index contributed by atoms with van der Waals surface area (Å²) < 4.78 is 10.8. The molecule has 2 rings (SSSR count). The van der Waals surface area contributed by atoms with Crippen molar-refractivity contribution in [3.8, 4) is 5.75 Å². The highest BCUT2D eigenvalue weighted by molar-refractivity contribution is 5.29. The molecule has 1 aliphatic heterocycles. The van der Waals surface area contributed by atoms with E-state index in [1.165, 1.54) is 37.7 Å². The molecular weight excluding hydrogens is 248 g/mol. The Labute approximate surface area is 122 Å². The van der Waals surface area contributed by atoms with Crippen LogP contribution in [0.2, 0.25) is 0 Å². The first kappa shape index (κ1) is 15.1.